The van der Waals surface area contributed by atoms with E-state index in [1.807, 2.05) is 0 Å². The van der Waals surface area contributed by atoms with Crippen LogP contribution in [0, 0.1) is 0 Å². The van der Waals surface area contributed by atoms with Gasteiger partial charge in [0.15, 0.2) is 0 Å². The van der Waals surface area contributed by atoms with Gasteiger partial charge in [-0.1, -0.05) is 39.9 Å². The topological polar surface area (TPSA) is 66.4 Å². The van der Waals surface area contributed by atoms with Crippen molar-refractivity contribution in [2.75, 3.05) is 0 Å². The van der Waals surface area contributed by atoms with Crippen molar-refractivity contribution in [1.29, 1.82) is 0 Å². The van der Waals surface area contributed by atoms with Crippen LogP contribution in [-0.2, 0) is 9.59 Å². The van der Waals surface area contributed by atoms with Gasteiger partial charge in [0.1, 0.15) is 15.9 Å². The maximum Gasteiger partial charge on any atom is 0.263 e. The summed E-state index contributed by atoms with van der Waals surface area (Å²) in [7, 11) is 0. The number of nitrogens with one attached hydrogen (secondary N) is 1. The van der Waals surface area contributed by atoms with Crippen molar-refractivity contribution in [1.82, 2.24) is 5.32 Å². The molecule has 0 aromatic heterocycles. The van der Waals surface area contributed by atoms with Gasteiger partial charge in [-0.2, -0.15) is 0 Å². The number of phenolic OH excluding ortho intramolecular Hbond substituents is 1. The van der Waals surface area contributed by atoms with Gasteiger partial charge in [-0.3, -0.25) is 4.79 Å². The molecular weight excluding hydrogens is 442 g/mol. The lowest BCUT2D eigenvalue weighted by Crippen LogP contribution is -2.17. The summed E-state index contributed by atoms with van der Waals surface area (Å²) >= 11 is 12.6. The Balaban J connectivity index is 0.000000491. The zero-order chi connectivity index (χ0) is 16.2. The first kappa shape index (κ1) is 18.3. The Labute approximate surface area is 148 Å². The highest BCUT2D eigenvalue weighted by atomic mass is 79.9. The van der Waals surface area contributed by atoms with Crippen LogP contribution in [0.2, 0.25) is 0 Å². The van der Waals surface area contributed by atoms with Crippen LogP contribution >= 0.6 is 55.8 Å². The summed E-state index contributed by atoms with van der Waals surface area (Å²) in [5.74, 6) is 0.0161. The number of hydrogen-bond donors (Lipinski definition) is 2. The van der Waals surface area contributed by atoms with Crippen molar-refractivity contribution >= 4 is 77.9 Å². The van der Waals surface area contributed by atoms with Crippen molar-refractivity contribution in [2.24, 2.45) is 0 Å². The van der Waals surface area contributed by atoms with E-state index in [2.05, 4.69) is 37.2 Å². The van der Waals surface area contributed by atoms with E-state index < -0.39 is 0 Å². The van der Waals surface area contributed by atoms with E-state index >= 15 is 0 Å². The summed E-state index contributed by atoms with van der Waals surface area (Å²) in [6, 6.07) is 3.45. The fourth-order valence-electron chi connectivity index (χ4n) is 1.26. The quantitative estimate of drug-likeness (QED) is 0.497. The van der Waals surface area contributed by atoms with Crippen LogP contribution in [0.5, 0.6) is 5.75 Å². The Morgan fingerprint density at radius 1 is 1.38 bits per heavy atom. The van der Waals surface area contributed by atoms with Gasteiger partial charge >= 0.3 is 0 Å². The van der Waals surface area contributed by atoms with E-state index in [1.165, 1.54) is 25.6 Å². The monoisotopic (exact) mass is 451 g/mol. The molecule has 0 spiro atoms. The molecule has 1 aliphatic heterocycles. The number of ketones is 1. The predicted octanol–water partition coefficient (Wildman–Crippen LogP) is 4.00. The van der Waals surface area contributed by atoms with Crippen molar-refractivity contribution < 1.29 is 14.7 Å². The lowest BCUT2D eigenvalue weighted by molar-refractivity contribution is -0.115. The summed E-state index contributed by atoms with van der Waals surface area (Å²) in [5, 5.41) is 12.4. The van der Waals surface area contributed by atoms with Crippen molar-refractivity contribution in [3.63, 3.8) is 0 Å². The van der Waals surface area contributed by atoms with Crippen LogP contribution < -0.4 is 5.32 Å². The Kier molecular flexibility index (Phi) is 7.05. The van der Waals surface area contributed by atoms with E-state index in [4.69, 9.17) is 12.2 Å². The van der Waals surface area contributed by atoms with Crippen LogP contribution in [0.1, 0.15) is 19.4 Å². The summed E-state index contributed by atoms with van der Waals surface area (Å²) in [6.07, 6.45) is 1.60. The van der Waals surface area contributed by atoms with Crippen LogP contribution in [0.25, 0.3) is 6.08 Å². The maximum atomic E-state index is 11.5. The largest absolute Gasteiger partial charge is 0.506 e. The molecule has 0 aliphatic carbocycles. The fraction of sp³-hybridized carbons (Fsp3) is 0.154. The molecule has 1 aromatic rings. The maximum absolute atomic E-state index is 11.5. The molecule has 1 heterocycles. The van der Waals surface area contributed by atoms with Crippen molar-refractivity contribution in [3.8, 4) is 5.75 Å². The summed E-state index contributed by atoms with van der Waals surface area (Å²) < 4.78 is 1.79. The number of amides is 1. The molecule has 1 aliphatic rings. The number of halogens is 2. The molecule has 112 valence electrons. The Hall–Kier alpha value is -0.700. The standard InChI is InChI=1S/C10H5Br2NO2S2.C3H6O/c11-5-1-4(8(14)6(12)3-5)2-7-9(15)13-10(16)17-7;1-3(2)4/h1-3,14H,(H,13,15,16);1-2H3/b7-2-;. The smallest absolute Gasteiger partial charge is 0.263 e. The van der Waals surface area contributed by atoms with Gasteiger partial charge < -0.3 is 15.2 Å². The Morgan fingerprint density at radius 2 is 1.95 bits per heavy atom. The lowest BCUT2D eigenvalue weighted by Gasteiger charge is -2.03. The summed E-state index contributed by atoms with van der Waals surface area (Å²) in [5.41, 5.74) is 0.550. The number of benzene rings is 1. The number of Topliss-reactive ketones (excluding diaryl/α,β-unsaturated/α-hetero) is 1. The van der Waals surface area contributed by atoms with Crippen LogP contribution in [0.4, 0.5) is 0 Å². The molecule has 0 radical (unpaired) electrons. The first-order valence-electron chi connectivity index (χ1n) is 5.60. The molecule has 8 heteroatoms. The third-order valence-electron chi connectivity index (χ3n) is 1.99. The number of thioether (sulfide) groups is 1. The van der Waals surface area contributed by atoms with E-state index in [9.17, 15) is 14.7 Å². The van der Waals surface area contributed by atoms with Crippen molar-refractivity contribution in [2.45, 2.75) is 13.8 Å². The molecule has 2 rings (SSSR count). The SMILES string of the molecule is CC(C)=O.O=C1NC(=S)S/C1=C\c1cc(Br)cc(Br)c1O. The van der Waals surface area contributed by atoms with E-state index in [0.29, 0.717) is 19.3 Å². The molecule has 1 fully saturated rings. The second kappa shape index (κ2) is 8.07. The second-order valence-corrected chi connectivity index (χ2v) is 7.57. The van der Waals surface area contributed by atoms with Gasteiger partial charge in [-0.05, 0) is 48.0 Å². The number of carbonyl (C=O) groups excluding carboxylic acids is 2. The number of hydrogen-bond acceptors (Lipinski definition) is 5. The normalized spacial score (nSPS) is 15.5. The van der Waals surface area contributed by atoms with E-state index in [0.717, 1.165) is 4.47 Å². The molecular formula is C13H11Br2NO3S2. The van der Waals surface area contributed by atoms with E-state index in [-0.39, 0.29) is 17.4 Å². The summed E-state index contributed by atoms with van der Waals surface area (Å²) in [6.45, 7) is 3.06. The third-order valence-corrected chi connectivity index (χ3v) is 4.21. The number of thiocarbonyl (C=S) groups is 1. The zero-order valence-electron chi connectivity index (χ0n) is 11.1. The molecule has 1 amide bonds. The summed E-state index contributed by atoms with van der Waals surface area (Å²) in [4.78, 5) is 21.4. The molecule has 0 atom stereocenters. The Morgan fingerprint density at radius 3 is 2.43 bits per heavy atom. The van der Waals surface area contributed by atoms with Gasteiger partial charge in [-0.15, -0.1) is 0 Å². The number of rotatable bonds is 1. The first-order chi connectivity index (χ1) is 9.70. The van der Waals surface area contributed by atoms with Gasteiger partial charge in [0, 0.05) is 10.0 Å². The number of aromatic hydroxyl groups is 1. The van der Waals surface area contributed by atoms with Crippen molar-refractivity contribution in [3.05, 3.63) is 31.5 Å². The lowest BCUT2D eigenvalue weighted by atomic mass is 10.2. The van der Waals surface area contributed by atoms with E-state index in [1.54, 1.807) is 18.2 Å². The highest BCUT2D eigenvalue weighted by molar-refractivity contribution is 9.11. The molecule has 0 saturated carbocycles. The molecule has 0 bridgehead atoms. The van der Waals surface area contributed by atoms with Crippen LogP contribution in [-0.4, -0.2) is 21.1 Å². The zero-order valence-corrected chi connectivity index (χ0v) is 15.9. The molecule has 2 N–H and O–H groups in total. The number of carbonyl (C=O) groups is 2. The minimum Gasteiger partial charge on any atom is -0.506 e. The molecule has 4 nitrogen and oxygen atoms in total. The molecule has 0 unspecified atom stereocenters. The molecule has 21 heavy (non-hydrogen) atoms. The molecule has 1 aromatic carbocycles. The number of phenols is 1. The average molecular weight is 453 g/mol. The third kappa shape index (κ3) is 5.90. The van der Waals surface area contributed by atoms with Crippen LogP contribution in [0.3, 0.4) is 0 Å². The fourth-order valence-corrected chi connectivity index (χ4v) is 3.55. The van der Waals surface area contributed by atoms with Gasteiger partial charge in [-0.25, -0.2) is 0 Å². The predicted molar refractivity (Wildman–Crippen MR) is 96.2 cm³/mol. The average Bonchev–Trinajstić information content (AvgIpc) is 2.63. The van der Waals surface area contributed by atoms with Gasteiger partial charge in [0.2, 0.25) is 0 Å². The molecule has 1 saturated heterocycles. The van der Waals surface area contributed by atoms with Crippen LogP contribution in [0.15, 0.2) is 26.0 Å². The highest BCUT2D eigenvalue weighted by Crippen LogP contribution is 2.35. The first-order valence-corrected chi connectivity index (χ1v) is 8.41. The minimum absolute atomic E-state index is 0.0897. The highest BCUT2D eigenvalue weighted by Gasteiger charge is 2.22. The minimum atomic E-state index is -0.240. The van der Waals surface area contributed by atoms with Gasteiger partial charge in [0.05, 0.1) is 9.38 Å². The Bertz CT molecular complexity index is 641. The van der Waals surface area contributed by atoms with Gasteiger partial charge in [0.25, 0.3) is 5.91 Å². The second-order valence-electron chi connectivity index (χ2n) is 4.09.